The highest BCUT2D eigenvalue weighted by Crippen LogP contribution is 2.44. The number of aromatic nitrogens is 3. The van der Waals surface area contributed by atoms with Gasteiger partial charge in [-0.2, -0.15) is 0 Å². The van der Waals surface area contributed by atoms with Gasteiger partial charge in [-0.3, -0.25) is 4.98 Å². The fraction of sp³-hybridized carbons (Fsp3) is 0.323. The number of pyridine rings is 2. The standard InChI is InChI=1S/C31H33ClN6S/c1-20-9-12-28(34-17-20)37-14-6-8-27(37)30-29(25-7-4-5-13-33-25)35-31(39)38(30)23-10-11-26(24(32)16-23)36-18-21(2)15-22(3)19-36/h4-14,16-17,21-22,29-30H,15,18-19H2,1-3H3,(H,35,39)/t21-,22+,29-,30+/m1/s1. The molecule has 2 fully saturated rings. The Balaban J connectivity index is 1.42. The van der Waals surface area contributed by atoms with Crippen molar-refractivity contribution in [3.63, 3.8) is 0 Å². The molecule has 1 N–H and O–H groups in total. The molecule has 6 nitrogen and oxygen atoms in total. The van der Waals surface area contributed by atoms with E-state index in [2.05, 4.69) is 76.1 Å². The van der Waals surface area contributed by atoms with Gasteiger partial charge in [-0.15, -0.1) is 0 Å². The van der Waals surface area contributed by atoms with Crippen LogP contribution in [0.25, 0.3) is 5.82 Å². The second kappa shape index (κ2) is 10.6. The topological polar surface area (TPSA) is 49.2 Å². The van der Waals surface area contributed by atoms with Gasteiger partial charge in [-0.05, 0) is 91.5 Å². The van der Waals surface area contributed by atoms with Crippen LogP contribution in [0.2, 0.25) is 5.02 Å². The number of hydrogen-bond donors (Lipinski definition) is 1. The van der Waals surface area contributed by atoms with Crippen LogP contribution in [0.3, 0.4) is 0 Å². The molecule has 2 saturated heterocycles. The van der Waals surface area contributed by atoms with Crippen LogP contribution in [0.1, 0.15) is 49.3 Å². The molecule has 1 aromatic carbocycles. The Morgan fingerprint density at radius 2 is 1.79 bits per heavy atom. The largest absolute Gasteiger partial charge is 0.370 e. The summed E-state index contributed by atoms with van der Waals surface area (Å²) in [6, 6.07) is 20.3. The number of halogens is 1. The van der Waals surface area contributed by atoms with Crippen molar-refractivity contribution in [2.24, 2.45) is 11.8 Å². The lowest BCUT2D eigenvalue weighted by molar-refractivity contribution is 0.357. The van der Waals surface area contributed by atoms with Crippen molar-refractivity contribution in [3.8, 4) is 5.82 Å². The molecule has 4 atom stereocenters. The molecule has 39 heavy (non-hydrogen) atoms. The van der Waals surface area contributed by atoms with E-state index in [1.165, 1.54) is 6.42 Å². The zero-order chi connectivity index (χ0) is 27.1. The molecule has 6 rings (SSSR count). The number of benzene rings is 1. The summed E-state index contributed by atoms with van der Waals surface area (Å²) >= 11 is 13.0. The zero-order valence-electron chi connectivity index (χ0n) is 22.5. The fourth-order valence-electron chi connectivity index (χ4n) is 6.14. The van der Waals surface area contributed by atoms with Gasteiger partial charge in [0.25, 0.3) is 0 Å². The molecule has 3 aromatic heterocycles. The molecule has 2 aliphatic rings. The molecule has 0 radical (unpaired) electrons. The number of thiocarbonyl (C=S) groups is 1. The summed E-state index contributed by atoms with van der Waals surface area (Å²) in [4.78, 5) is 14.0. The molecule has 0 unspecified atom stereocenters. The van der Waals surface area contributed by atoms with Crippen LogP contribution in [-0.4, -0.2) is 32.7 Å². The number of rotatable bonds is 5. The van der Waals surface area contributed by atoms with Crippen molar-refractivity contribution < 1.29 is 0 Å². The number of nitrogens with one attached hydrogen (secondary N) is 1. The molecule has 0 amide bonds. The molecule has 0 aliphatic carbocycles. The van der Waals surface area contributed by atoms with Gasteiger partial charge >= 0.3 is 0 Å². The van der Waals surface area contributed by atoms with Crippen LogP contribution < -0.4 is 15.1 Å². The van der Waals surface area contributed by atoms with E-state index in [9.17, 15) is 0 Å². The first-order valence-corrected chi connectivity index (χ1v) is 14.3. The molecule has 0 bridgehead atoms. The third-order valence-electron chi connectivity index (χ3n) is 7.74. The van der Waals surface area contributed by atoms with Gasteiger partial charge in [-0.1, -0.05) is 37.6 Å². The van der Waals surface area contributed by atoms with Crippen LogP contribution in [-0.2, 0) is 0 Å². The number of hydrogen-bond acceptors (Lipinski definition) is 4. The normalized spacial score (nSPS) is 23.2. The lowest BCUT2D eigenvalue weighted by Gasteiger charge is -2.37. The van der Waals surface area contributed by atoms with Crippen molar-refractivity contribution >= 4 is 40.3 Å². The summed E-state index contributed by atoms with van der Waals surface area (Å²) < 4.78 is 2.13. The summed E-state index contributed by atoms with van der Waals surface area (Å²) in [5.74, 6) is 2.15. The van der Waals surface area contributed by atoms with Crippen LogP contribution in [0, 0.1) is 18.8 Å². The number of nitrogens with zero attached hydrogens (tertiary/aromatic N) is 5. The van der Waals surface area contributed by atoms with Gasteiger partial charge in [0.1, 0.15) is 11.9 Å². The van der Waals surface area contributed by atoms with Crippen LogP contribution in [0.4, 0.5) is 11.4 Å². The second-order valence-electron chi connectivity index (χ2n) is 11.0. The molecular formula is C31H33ClN6S. The Labute approximate surface area is 240 Å². The molecule has 0 spiro atoms. The van der Waals surface area contributed by atoms with Crippen LogP contribution >= 0.6 is 23.8 Å². The lowest BCUT2D eigenvalue weighted by atomic mass is 9.91. The van der Waals surface area contributed by atoms with Crippen LogP contribution in [0.15, 0.2) is 79.3 Å². The fourth-order valence-corrected chi connectivity index (χ4v) is 6.78. The predicted octanol–water partition coefficient (Wildman–Crippen LogP) is 6.89. The summed E-state index contributed by atoms with van der Waals surface area (Å²) in [6.45, 7) is 8.73. The maximum absolute atomic E-state index is 6.99. The van der Waals surface area contributed by atoms with E-state index in [1.54, 1.807) is 0 Å². The first-order chi connectivity index (χ1) is 18.9. The lowest BCUT2D eigenvalue weighted by Crippen LogP contribution is -2.38. The zero-order valence-corrected chi connectivity index (χ0v) is 24.0. The van der Waals surface area contributed by atoms with Gasteiger partial charge < -0.3 is 19.7 Å². The first-order valence-electron chi connectivity index (χ1n) is 13.5. The van der Waals surface area contributed by atoms with Crippen molar-refractivity contribution in [3.05, 3.63) is 101 Å². The Hall–Kier alpha value is -3.42. The van der Waals surface area contributed by atoms with Gasteiger partial charge in [0.2, 0.25) is 0 Å². The highest BCUT2D eigenvalue weighted by atomic mass is 35.5. The average molecular weight is 557 g/mol. The average Bonchev–Trinajstić information content (AvgIpc) is 3.53. The maximum atomic E-state index is 6.99. The smallest absolute Gasteiger partial charge is 0.174 e. The van der Waals surface area contributed by atoms with Crippen molar-refractivity contribution in [2.75, 3.05) is 22.9 Å². The van der Waals surface area contributed by atoms with E-state index >= 15 is 0 Å². The molecular weight excluding hydrogens is 524 g/mol. The summed E-state index contributed by atoms with van der Waals surface area (Å²) in [7, 11) is 0. The summed E-state index contributed by atoms with van der Waals surface area (Å²) in [5.41, 5.74) is 5.15. The Bertz CT molecular complexity index is 1460. The predicted molar refractivity (Wildman–Crippen MR) is 163 cm³/mol. The van der Waals surface area contributed by atoms with E-state index < -0.39 is 0 Å². The quantitative estimate of drug-likeness (QED) is 0.270. The summed E-state index contributed by atoms with van der Waals surface area (Å²) in [6.07, 6.45) is 7.03. The Morgan fingerprint density at radius 3 is 2.49 bits per heavy atom. The van der Waals surface area contributed by atoms with E-state index in [4.69, 9.17) is 33.8 Å². The van der Waals surface area contributed by atoms with Gasteiger partial charge in [-0.25, -0.2) is 4.98 Å². The molecule has 0 saturated carbocycles. The monoisotopic (exact) mass is 556 g/mol. The minimum absolute atomic E-state index is 0.153. The molecule has 5 heterocycles. The SMILES string of the molecule is Cc1ccc(-n2cccc2[C@H]2[C@@H](c3ccccn3)NC(=S)N2c2ccc(N3C[C@H](C)C[C@H](C)C3)c(Cl)c2)nc1. The van der Waals surface area contributed by atoms with Crippen molar-refractivity contribution in [2.45, 2.75) is 39.3 Å². The minimum Gasteiger partial charge on any atom is -0.370 e. The molecule has 4 aromatic rings. The highest BCUT2D eigenvalue weighted by Gasteiger charge is 2.42. The number of anilines is 2. The van der Waals surface area contributed by atoms with Crippen molar-refractivity contribution in [1.82, 2.24) is 19.9 Å². The summed E-state index contributed by atoms with van der Waals surface area (Å²) in [5, 5.41) is 4.95. The Morgan fingerprint density at radius 1 is 0.974 bits per heavy atom. The van der Waals surface area contributed by atoms with E-state index in [0.29, 0.717) is 16.9 Å². The molecule has 200 valence electrons. The van der Waals surface area contributed by atoms with E-state index in [1.807, 2.05) is 43.6 Å². The minimum atomic E-state index is -0.164. The maximum Gasteiger partial charge on any atom is 0.174 e. The second-order valence-corrected chi connectivity index (χ2v) is 11.8. The van der Waals surface area contributed by atoms with Crippen LogP contribution in [0.5, 0.6) is 0 Å². The third kappa shape index (κ3) is 5.01. The van der Waals surface area contributed by atoms with E-state index in [0.717, 1.165) is 52.3 Å². The number of piperidine rings is 1. The van der Waals surface area contributed by atoms with Gasteiger partial charge in [0.15, 0.2) is 5.11 Å². The van der Waals surface area contributed by atoms with Crippen molar-refractivity contribution in [1.29, 1.82) is 0 Å². The third-order valence-corrected chi connectivity index (χ3v) is 8.36. The molecule has 8 heteroatoms. The van der Waals surface area contributed by atoms with Gasteiger partial charge in [0.05, 0.1) is 22.4 Å². The first kappa shape index (κ1) is 25.8. The number of aryl methyl sites for hydroxylation is 1. The van der Waals surface area contributed by atoms with Gasteiger partial charge in [0, 0.05) is 43.1 Å². The molecule has 2 aliphatic heterocycles. The Kier molecular flexibility index (Phi) is 7.04. The highest BCUT2D eigenvalue weighted by molar-refractivity contribution is 7.80. The van der Waals surface area contributed by atoms with E-state index in [-0.39, 0.29) is 12.1 Å².